The van der Waals surface area contributed by atoms with Crippen molar-refractivity contribution in [1.29, 1.82) is 0 Å². The number of H-pyrrole nitrogens is 1. The second-order valence-electron chi connectivity index (χ2n) is 6.90. The van der Waals surface area contributed by atoms with E-state index in [2.05, 4.69) is 15.6 Å². The molecular weight excluding hydrogens is 389 g/mol. The van der Waals surface area contributed by atoms with Gasteiger partial charge in [-0.3, -0.25) is 9.59 Å². The minimum absolute atomic E-state index is 0.195. The van der Waals surface area contributed by atoms with Crippen molar-refractivity contribution in [2.24, 2.45) is 0 Å². The fourth-order valence-corrected chi connectivity index (χ4v) is 3.08. The van der Waals surface area contributed by atoms with Crippen molar-refractivity contribution in [1.82, 2.24) is 10.3 Å². The van der Waals surface area contributed by atoms with Crippen molar-refractivity contribution >= 4 is 34.4 Å². The number of hydrogen-bond acceptors (Lipinski definition) is 4. The molecular formula is C22H22FN3O4. The Kier molecular flexibility index (Phi) is 6.46. The van der Waals surface area contributed by atoms with Gasteiger partial charge in [-0.1, -0.05) is 24.3 Å². The van der Waals surface area contributed by atoms with E-state index < -0.39 is 35.7 Å². The number of hydrogen-bond donors (Lipinski definition) is 3. The summed E-state index contributed by atoms with van der Waals surface area (Å²) in [6, 6.07) is 12.0. The molecule has 0 bridgehead atoms. The maximum Gasteiger partial charge on any atom is 0.329 e. The van der Waals surface area contributed by atoms with Crippen molar-refractivity contribution in [2.75, 3.05) is 5.32 Å². The van der Waals surface area contributed by atoms with Crippen LogP contribution in [-0.4, -0.2) is 34.9 Å². The molecule has 3 N–H and O–H groups in total. The lowest BCUT2D eigenvalue weighted by atomic mass is 10.0. The molecule has 3 rings (SSSR count). The highest BCUT2D eigenvalue weighted by Gasteiger charge is 2.27. The second kappa shape index (κ2) is 9.21. The van der Waals surface area contributed by atoms with Gasteiger partial charge in [0.05, 0.1) is 0 Å². The summed E-state index contributed by atoms with van der Waals surface area (Å²) in [5.74, 6) is -2.24. The van der Waals surface area contributed by atoms with Crippen LogP contribution in [0.15, 0.2) is 54.7 Å². The standard InChI is InChI=1S/C22H22FN3O4/c1-13(21(28)26-17-7-5-6-16(23)11-17)30-22(29)20(25-14(2)27)10-15-12-24-19-9-4-3-8-18(15)19/h3-9,11-13,20,24H,10H2,1-2H3,(H,25,27)(H,26,28)/t13-,20-/m0/s1. The first-order valence-corrected chi connectivity index (χ1v) is 9.42. The van der Waals surface area contributed by atoms with Gasteiger partial charge in [-0.15, -0.1) is 0 Å². The third-order valence-electron chi connectivity index (χ3n) is 4.52. The van der Waals surface area contributed by atoms with Gasteiger partial charge in [0.2, 0.25) is 5.91 Å². The summed E-state index contributed by atoms with van der Waals surface area (Å²) < 4.78 is 18.5. The van der Waals surface area contributed by atoms with E-state index in [1.807, 2.05) is 24.3 Å². The summed E-state index contributed by atoms with van der Waals surface area (Å²) in [5, 5.41) is 5.99. The molecule has 2 amide bonds. The first-order valence-electron chi connectivity index (χ1n) is 9.42. The van der Waals surface area contributed by atoms with Crippen LogP contribution in [0.25, 0.3) is 10.9 Å². The quantitative estimate of drug-likeness (QED) is 0.521. The molecule has 0 saturated heterocycles. The van der Waals surface area contributed by atoms with Crippen LogP contribution in [0.4, 0.5) is 10.1 Å². The summed E-state index contributed by atoms with van der Waals surface area (Å²) in [4.78, 5) is 39.7. The molecule has 2 aromatic carbocycles. The number of ether oxygens (including phenoxy) is 1. The zero-order chi connectivity index (χ0) is 21.7. The van der Waals surface area contributed by atoms with Crippen molar-refractivity contribution < 1.29 is 23.5 Å². The van der Waals surface area contributed by atoms with Crippen LogP contribution in [0, 0.1) is 5.82 Å². The zero-order valence-corrected chi connectivity index (χ0v) is 16.6. The van der Waals surface area contributed by atoms with E-state index >= 15 is 0 Å². The summed E-state index contributed by atoms with van der Waals surface area (Å²) in [6.07, 6.45) is 0.827. The Morgan fingerprint density at radius 3 is 2.63 bits per heavy atom. The molecule has 8 heteroatoms. The van der Waals surface area contributed by atoms with Crippen LogP contribution >= 0.6 is 0 Å². The number of para-hydroxylation sites is 1. The Labute approximate surface area is 172 Å². The summed E-state index contributed by atoms with van der Waals surface area (Å²) >= 11 is 0. The first-order chi connectivity index (χ1) is 14.3. The monoisotopic (exact) mass is 411 g/mol. The number of amides is 2. The van der Waals surface area contributed by atoms with Crippen LogP contribution < -0.4 is 10.6 Å². The minimum atomic E-state index is -1.14. The van der Waals surface area contributed by atoms with Crippen LogP contribution in [0.1, 0.15) is 19.4 Å². The molecule has 3 aromatic rings. The van der Waals surface area contributed by atoms with Gasteiger partial charge in [-0.25, -0.2) is 9.18 Å². The summed E-state index contributed by atoms with van der Waals surface area (Å²) in [6.45, 7) is 2.71. The number of carbonyl (C=O) groups is 3. The average Bonchev–Trinajstić information content (AvgIpc) is 3.10. The summed E-state index contributed by atoms with van der Waals surface area (Å²) in [7, 11) is 0. The predicted octanol–water partition coefficient (Wildman–Crippen LogP) is 2.92. The molecule has 0 aliphatic heterocycles. The van der Waals surface area contributed by atoms with E-state index in [-0.39, 0.29) is 12.1 Å². The number of aromatic nitrogens is 1. The SMILES string of the molecule is CC(=O)N[C@@H](Cc1c[nH]c2ccccc12)C(=O)O[C@@H](C)C(=O)Nc1cccc(F)c1. The lowest BCUT2D eigenvalue weighted by Gasteiger charge is -2.20. The Morgan fingerprint density at radius 1 is 1.13 bits per heavy atom. The molecule has 1 aromatic heterocycles. The molecule has 0 spiro atoms. The molecule has 30 heavy (non-hydrogen) atoms. The van der Waals surface area contributed by atoms with E-state index in [1.54, 1.807) is 6.20 Å². The third kappa shape index (κ3) is 5.22. The highest BCUT2D eigenvalue weighted by molar-refractivity contribution is 5.95. The number of halogens is 1. The van der Waals surface area contributed by atoms with Gasteiger partial charge in [-0.2, -0.15) is 0 Å². The molecule has 156 valence electrons. The number of anilines is 1. The van der Waals surface area contributed by atoms with Crippen molar-refractivity contribution in [3.63, 3.8) is 0 Å². The molecule has 0 aliphatic carbocycles. The fourth-order valence-electron chi connectivity index (χ4n) is 3.08. The van der Waals surface area contributed by atoms with Crippen LogP contribution in [0.3, 0.4) is 0 Å². The molecule has 0 radical (unpaired) electrons. The van der Waals surface area contributed by atoms with Gasteiger partial charge in [-0.05, 0) is 36.8 Å². The zero-order valence-electron chi connectivity index (χ0n) is 16.6. The normalized spacial score (nSPS) is 12.8. The highest BCUT2D eigenvalue weighted by atomic mass is 19.1. The molecule has 7 nitrogen and oxygen atoms in total. The van der Waals surface area contributed by atoms with Gasteiger partial charge >= 0.3 is 5.97 Å². The van der Waals surface area contributed by atoms with Crippen LogP contribution in [-0.2, 0) is 25.5 Å². The third-order valence-corrected chi connectivity index (χ3v) is 4.52. The van der Waals surface area contributed by atoms with Crippen LogP contribution in [0.2, 0.25) is 0 Å². The maximum atomic E-state index is 13.3. The lowest BCUT2D eigenvalue weighted by Crippen LogP contribution is -2.44. The Bertz CT molecular complexity index is 1080. The largest absolute Gasteiger partial charge is 0.451 e. The molecule has 2 atom stereocenters. The van der Waals surface area contributed by atoms with Crippen molar-refractivity contribution in [3.05, 3.63) is 66.1 Å². The number of rotatable bonds is 7. The average molecular weight is 411 g/mol. The molecule has 0 fully saturated rings. The Hall–Kier alpha value is -3.68. The second-order valence-corrected chi connectivity index (χ2v) is 6.90. The van der Waals surface area contributed by atoms with Gasteiger partial charge in [0.25, 0.3) is 5.91 Å². The number of fused-ring (bicyclic) bond motifs is 1. The molecule has 0 aliphatic rings. The maximum absolute atomic E-state index is 13.3. The topological polar surface area (TPSA) is 100 Å². The highest BCUT2D eigenvalue weighted by Crippen LogP contribution is 2.19. The van der Waals surface area contributed by atoms with Gasteiger partial charge in [0, 0.05) is 36.1 Å². The van der Waals surface area contributed by atoms with E-state index in [0.717, 1.165) is 22.5 Å². The molecule has 1 heterocycles. The number of esters is 1. The van der Waals surface area contributed by atoms with E-state index in [4.69, 9.17) is 4.74 Å². The number of benzene rings is 2. The summed E-state index contributed by atoms with van der Waals surface area (Å²) in [5.41, 5.74) is 1.99. The fraction of sp³-hybridized carbons (Fsp3) is 0.227. The molecule has 0 saturated carbocycles. The Morgan fingerprint density at radius 2 is 1.90 bits per heavy atom. The Balaban J connectivity index is 1.68. The van der Waals surface area contributed by atoms with Crippen LogP contribution in [0.5, 0.6) is 0 Å². The van der Waals surface area contributed by atoms with Gasteiger partial charge in [0.15, 0.2) is 6.10 Å². The first kappa shape index (κ1) is 21.0. The number of aromatic amines is 1. The number of nitrogens with one attached hydrogen (secondary N) is 3. The van der Waals surface area contributed by atoms with Gasteiger partial charge in [0.1, 0.15) is 11.9 Å². The van der Waals surface area contributed by atoms with E-state index in [1.165, 1.54) is 32.0 Å². The minimum Gasteiger partial charge on any atom is -0.451 e. The van der Waals surface area contributed by atoms with E-state index in [9.17, 15) is 18.8 Å². The number of carbonyl (C=O) groups excluding carboxylic acids is 3. The lowest BCUT2D eigenvalue weighted by molar-refractivity contribution is -0.156. The predicted molar refractivity (Wildman–Crippen MR) is 110 cm³/mol. The van der Waals surface area contributed by atoms with Crippen molar-refractivity contribution in [3.8, 4) is 0 Å². The van der Waals surface area contributed by atoms with Gasteiger partial charge < -0.3 is 20.4 Å². The van der Waals surface area contributed by atoms with Crippen molar-refractivity contribution in [2.45, 2.75) is 32.4 Å². The van der Waals surface area contributed by atoms with E-state index in [0.29, 0.717) is 0 Å². The smallest absolute Gasteiger partial charge is 0.329 e. The molecule has 0 unspecified atom stereocenters.